The topological polar surface area (TPSA) is 47.8 Å². The lowest BCUT2D eigenvalue weighted by molar-refractivity contribution is 0.746. The second kappa shape index (κ2) is 4.92. The first-order chi connectivity index (χ1) is 9.15. The molecule has 0 saturated carbocycles. The van der Waals surface area contributed by atoms with Gasteiger partial charge in [-0.05, 0) is 17.5 Å². The van der Waals surface area contributed by atoms with Crippen molar-refractivity contribution in [3.8, 4) is 0 Å². The molecule has 0 spiro atoms. The van der Waals surface area contributed by atoms with E-state index in [1.165, 1.54) is 22.2 Å². The van der Waals surface area contributed by atoms with E-state index in [1.807, 2.05) is 5.38 Å². The maximum absolute atomic E-state index is 12.2. The molecule has 4 nitrogen and oxygen atoms in total. The van der Waals surface area contributed by atoms with Crippen molar-refractivity contribution in [3.63, 3.8) is 0 Å². The summed E-state index contributed by atoms with van der Waals surface area (Å²) in [5, 5.41) is 3.27. The van der Waals surface area contributed by atoms with Crippen LogP contribution in [0.2, 0.25) is 10.2 Å². The highest BCUT2D eigenvalue weighted by Crippen LogP contribution is 2.19. The number of nitrogens with zero attached hydrogens (tertiary/aromatic N) is 3. The second-order valence-corrected chi connectivity index (χ2v) is 5.60. The molecule has 0 atom stereocenters. The van der Waals surface area contributed by atoms with Gasteiger partial charge in [-0.25, -0.2) is 9.97 Å². The fraction of sp³-hybridized carbons (Fsp3) is 0.0833. The van der Waals surface area contributed by atoms with Gasteiger partial charge in [0.05, 0.1) is 23.3 Å². The molecule has 0 radical (unpaired) electrons. The van der Waals surface area contributed by atoms with Gasteiger partial charge in [0, 0.05) is 11.8 Å². The SMILES string of the molecule is O=c1c2ccsc2ncn1Cc1cnc(Cl)cc1Cl. The van der Waals surface area contributed by atoms with Gasteiger partial charge < -0.3 is 0 Å². The Hall–Kier alpha value is -1.43. The molecule has 0 aliphatic heterocycles. The number of fused-ring (bicyclic) bond motifs is 1. The van der Waals surface area contributed by atoms with Gasteiger partial charge in [-0.1, -0.05) is 23.2 Å². The van der Waals surface area contributed by atoms with Crippen LogP contribution in [0.15, 0.2) is 34.8 Å². The lowest BCUT2D eigenvalue weighted by Crippen LogP contribution is -2.20. The van der Waals surface area contributed by atoms with Gasteiger partial charge in [-0.3, -0.25) is 9.36 Å². The van der Waals surface area contributed by atoms with Crippen LogP contribution in [0.25, 0.3) is 10.2 Å². The highest BCUT2D eigenvalue weighted by molar-refractivity contribution is 7.16. The summed E-state index contributed by atoms with van der Waals surface area (Å²) in [6.45, 7) is 0.320. The van der Waals surface area contributed by atoms with E-state index in [-0.39, 0.29) is 5.56 Å². The number of halogens is 2. The number of hydrogen-bond acceptors (Lipinski definition) is 4. The van der Waals surface area contributed by atoms with E-state index in [0.717, 1.165) is 10.4 Å². The normalized spacial score (nSPS) is 11.1. The first-order valence-corrected chi connectivity index (χ1v) is 7.01. The molecule has 0 aliphatic rings. The predicted molar refractivity (Wildman–Crippen MR) is 77.2 cm³/mol. The summed E-state index contributed by atoms with van der Waals surface area (Å²) in [5.74, 6) is 0. The van der Waals surface area contributed by atoms with Crippen LogP contribution < -0.4 is 5.56 Å². The lowest BCUT2D eigenvalue weighted by Gasteiger charge is -2.07. The van der Waals surface area contributed by atoms with E-state index in [9.17, 15) is 4.79 Å². The molecule has 0 aromatic carbocycles. The lowest BCUT2D eigenvalue weighted by atomic mass is 10.3. The molecule has 0 unspecified atom stereocenters. The monoisotopic (exact) mass is 311 g/mol. The Kier molecular flexibility index (Phi) is 3.26. The summed E-state index contributed by atoms with van der Waals surface area (Å²) < 4.78 is 1.51. The van der Waals surface area contributed by atoms with Crippen LogP contribution in [-0.4, -0.2) is 14.5 Å². The average molecular weight is 312 g/mol. The highest BCUT2D eigenvalue weighted by atomic mass is 35.5. The number of hydrogen-bond donors (Lipinski definition) is 0. The predicted octanol–water partition coefficient (Wildman–Crippen LogP) is 3.21. The number of pyridine rings is 1. The Labute approximate surface area is 122 Å². The molecule has 3 heterocycles. The molecule has 3 aromatic rings. The standard InChI is InChI=1S/C12H7Cl2N3OS/c13-9-3-10(14)15-4-7(9)5-17-6-16-11-8(12(17)18)1-2-19-11/h1-4,6H,5H2. The van der Waals surface area contributed by atoms with E-state index in [4.69, 9.17) is 23.2 Å². The zero-order valence-electron chi connectivity index (χ0n) is 9.51. The number of aromatic nitrogens is 3. The van der Waals surface area contributed by atoms with Gasteiger partial charge in [0.25, 0.3) is 5.56 Å². The van der Waals surface area contributed by atoms with Crippen LogP contribution in [0.4, 0.5) is 0 Å². The Morgan fingerprint density at radius 3 is 2.95 bits per heavy atom. The number of thiophene rings is 1. The van der Waals surface area contributed by atoms with Crippen molar-refractivity contribution in [1.29, 1.82) is 0 Å². The molecule has 3 aromatic heterocycles. The summed E-state index contributed by atoms with van der Waals surface area (Å²) in [4.78, 5) is 21.2. The maximum Gasteiger partial charge on any atom is 0.262 e. The summed E-state index contributed by atoms with van der Waals surface area (Å²) in [6, 6.07) is 3.33. The summed E-state index contributed by atoms with van der Waals surface area (Å²) in [5.41, 5.74) is 0.641. The minimum Gasteiger partial charge on any atom is -0.294 e. The Bertz CT molecular complexity index is 812. The Morgan fingerprint density at radius 1 is 1.32 bits per heavy atom. The quantitative estimate of drug-likeness (QED) is 0.683. The van der Waals surface area contributed by atoms with Crippen LogP contribution >= 0.6 is 34.5 Å². The second-order valence-electron chi connectivity index (χ2n) is 3.92. The van der Waals surface area contributed by atoms with E-state index >= 15 is 0 Å². The molecule has 0 saturated heterocycles. The number of rotatable bonds is 2. The Morgan fingerprint density at radius 2 is 2.16 bits per heavy atom. The highest BCUT2D eigenvalue weighted by Gasteiger charge is 2.08. The van der Waals surface area contributed by atoms with Crippen molar-refractivity contribution in [1.82, 2.24) is 14.5 Å². The third kappa shape index (κ3) is 2.36. The third-order valence-corrected chi connectivity index (χ3v) is 4.07. The van der Waals surface area contributed by atoms with Gasteiger partial charge in [0.2, 0.25) is 0 Å². The molecule has 0 amide bonds. The first kappa shape index (κ1) is 12.6. The summed E-state index contributed by atoms with van der Waals surface area (Å²) in [7, 11) is 0. The molecule has 0 aliphatic carbocycles. The molecule has 0 fully saturated rings. The third-order valence-electron chi connectivity index (χ3n) is 2.69. The smallest absolute Gasteiger partial charge is 0.262 e. The van der Waals surface area contributed by atoms with Crippen molar-refractivity contribution in [3.05, 3.63) is 56.1 Å². The molecule has 7 heteroatoms. The molecule has 0 N–H and O–H groups in total. The van der Waals surface area contributed by atoms with Crippen LogP contribution in [-0.2, 0) is 6.54 Å². The van der Waals surface area contributed by atoms with E-state index in [1.54, 1.807) is 18.3 Å². The van der Waals surface area contributed by atoms with Crippen LogP contribution in [0, 0.1) is 0 Å². The van der Waals surface area contributed by atoms with Gasteiger partial charge in [0.1, 0.15) is 9.98 Å². The minimum atomic E-state index is -0.0859. The average Bonchev–Trinajstić information content (AvgIpc) is 2.85. The fourth-order valence-corrected chi connectivity index (χ4v) is 2.89. The molecule has 3 rings (SSSR count). The summed E-state index contributed by atoms with van der Waals surface area (Å²) >= 11 is 13.3. The van der Waals surface area contributed by atoms with E-state index < -0.39 is 0 Å². The van der Waals surface area contributed by atoms with Gasteiger partial charge in [-0.15, -0.1) is 11.3 Å². The minimum absolute atomic E-state index is 0.0859. The van der Waals surface area contributed by atoms with Crippen LogP contribution in [0.3, 0.4) is 0 Å². The van der Waals surface area contributed by atoms with Crippen LogP contribution in [0.1, 0.15) is 5.56 Å². The molecule has 96 valence electrons. The van der Waals surface area contributed by atoms with Gasteiger partial charge in [-0.2, -0.15) is 0 Å². The van der Waals surface area contributed by atoms with Crippen molar-refractivity contribution >= 4 is 44.8 Å². The fourth-order valence-electron chi connectivity index (χ4n) is 1.74. The van der Waals surface area contributed by atoms with Crippen LogP contribution in [0.5, 0.6) is 0 Å². The first-order valence-electron chi connectivity index (χ1n) is 5.38. The Balaban J connectivity index is 2.05. The van der Waals surface area contributed by atoms with Crippen molar-refractivity contribution in [2.45, 2.75) is 6.54 Å². The van der Waals surface area contributed by atoms with Crippen molar-refractivity contribution < 1.29 is 0 Å². The molecule has 19 heavy (non-hydrogen) atoms. The zero-order chi connectivity index (χ0) is 13.4. The van der Waals surface area contributed by atoms with Crippen molar-refractivity contribution in [2.24, 2.45) is 0 Å². The molecular formula is C12H7Cl2N3OS. The van der Waals surface area contributed by atoms with Crippen molar-refractivity contribution in [2.75, 3.05) is 0 Å². The molecular weight excluding hydrogens is 305 g/mol. The summed E-state index contributed by atoms with van der Waals surface area (Å²) in [6.07, 6.45) is 3.08. The van der Waals surface area contributed by atoms with Gasteiger partial charge in [0.15, 0.2) is 0 Å². The largest absolute Gasteiger partial charge is 0.294 e. The van der Waals surface area contributed by atoms with E-state index in [2.05, 4.69) is 9.97 Å². The maximum atomic E-state index is 12.2. The van der Waals surface area contributed by atoms with E-state index in [0.29, 0.717) is 22.1 Å². The zero-order valence-corrected chi connectivity index (χ0v) is 11.8. The van der Waals surface area contributed by atoms with Gasteiger partial charge >= 0.3 is 0 Å². The molecule has 0 bridgehead atoms.